The molecule has 7 heteroatoms. The highest BCUT2D eigenvalue weighted by Gasteiger charge is 2.32. The molecule has 1 heterocycles. The van der Waals surface area contributed by atoms with Gasteiger partial charge in [0.2, 0.25) is 0 Å². The van der Waals surface area contributed by atoms with Crippen molar-refractivity contribution in [3.63, 3.8) is 0 Å². The summed E-state index contributed by atoms with van der Waals surface area (Å²) in [4.78, 5) is 3.36. The lowest BCUT2D eigenvalue weighted by Gasteiger charge is -2.33. The standard InChI is InChI=1S/C10H12F3N3.ClH/c11-10(12,13)9-2-1-7(5-15-9)16-8-3-6(14)4-8;/h1-2,5-6,8,16H,3-4,14H2;1H/t6-,8-;. The summed E-state index contributed by atoms with van der Waals surface area (Å²) in [6, 6.07) is 2.83. The van der Waals surface area contributed by atoms with Crippen molar-refractivity contribution in [2.45, 2.75) is 31.1 Å². The van der Waals surface area contributed by atoms with Gasteiger partial charge in [0, 0.05) is 12.1 Å². The summed E-state index contributed by atoms with van der Waals surface area (Å²) >= 11 is 0. The third-order valence-electron chi connectivity index (χ3n) is 2.60. The highest BCUT2D eigenvalue weighted by Crippen LogP contribution is 2.28. The predicted molar refractivity (Wildman–Crippen MR) is 61.1 cm³/mol. The molecule has 0 spiro atoms. The van der Waals surface area contributed by atoms with E-state index in [2.05, 4.69) is 10.3 Å². The van der Waals surface area contributed by atoms with Crippen LogP contribution in [0, 0.1) is 0 Å². The smallest absolute Gasteiger partial charge is 0.381 e. The fourth-order valence-corrected chi connectivity index (χ4v) is 1.66. The van der Waals surface area contributed by atoms with Gasteiger partial charge in [0.1, 0.15) is 5.69 Å². The quantitative estimate of drug-likeness (QED) is 0.865. The number of pyridine rings is 1. The average Bonchev–Trinajstić information content (AvgIpc) is 2.15. The van der Waals surface area contributed by atoms with Crippen LogP contribution in [0.3, 0.4) is 0 Å². The van der Waals surface area contributed by atoms with E-state index in [0.29, 0.717) is 5.69 Å². The van der Waals surface area contributed by atoms with Gasteiger partial charge in [-0.15, -0.1) is 12.4 Å². The normalized spacial score (nSPS) is 23.5. The first-order valence-corrected chi connectivity index (χ1v) is 5.00. The SMILES string of the molecule is Cl.N[C@H]1C[C@H](Nc2ccc(C(F)(F)F)nc2)C1. The van der Waals surface area contributed by atoms with E-state index in [1.807, 2.05) is 0 Å². The maximum atomic E-state index is 12.2. The maximum absolute atomic E-state index is 12.2. The van der Waals surface area contributed by atoms with Gasteiger partial charge in [0.15, 0.2) is 0 Å². The largest absolute Gasteiger partial charge is 0.433 e. The van der Waals surface area contributed by atoms with Gasteiger partial charge < -0.3 is 11.1 Å². The molecule has 1 aromatic heterocycles. The number of aromatic nitrogens is 1. The number of hydrogen-bond acceptors (Lipinski definition) is 3. The molecule has 96 valence electrons. The van der Waals surface area contributed by atoms with Crippen LogP contribution in [0.5, 0.6) is 0 Å². The molecule has 0 bridgehead atoms. The summed E-state index contributed by atoms with van der Waals surface area (Å²) in [5, 5.41) is 3.08. The van der Waals surface area contributed by atoms with Crippen LogP contribution in [0.25, 0.3) is 0 Å². The predicted octanol–water partition coefficient (Wildman–Crippen LogP) is 2.42. The zero-order valence-electron chi connectivity index (χ0n) is 8.87. The van der Waals surface area contributed by atoms with E-state index < -0.39 is 11.9 Å². The molecule has 1 aliphatic carbocycles. The molecule has 1 saturated carbocycles. The van der Waals surface area contributed by atoms with Crippen molar-refractivity contribution in [1.82, 2.24) is 4.98 Å². The molecule has 1 aliphatic rings. The van der Waals surface area contributed by atoms with Crippen molar-refractivity contribution in [2.24, 2.45) is 5.73 Å². The van der Waals surface area contributed by atoms with Crippen molar-refractivity contribution in [1.29, 1.82) is 0 Å². The molecule has 17 heavy (non-hydrogen) atoms. The number of nitrogens with zero attached hydrogens (tertiary/aromatic N) is 1. The van der Waals surface area contributed by atoms with Gasteiger partial charge in [-0.1, -0.05) is 0 Å². The van der Waals surface area contributed by atoms with Gasteiger partial charge in [0.25, 0.3) is 0 Å². The number of halogens is 4. The Labute approximate surface area is 103 Å². The van der Waals surface area contributed by atoms with Crippen LogP contribution < -0.4 is 11.1 Å². The summed E-state index contributed by atoms with van der Waals surface area (Å²) in [7, 11) is 0. The Morgan fingerprint density at radius 2 is 1.94 bits per heavy atom. The number of rotatable bonds is 2. The van der Waals surface area contributed by atoms with Crippen LogP contribution in [-0.4, -0.2) is 17.1 Å². The van der Waals surface area contributed by atoms with Crippen LogP contribution in [0.1, 0.15) is 18.5 Å². The average molecular weight is 268 g/mol. The number of nitrogens with one attached hydrogen (secondary N) is 1. The Morgan fingerprint density at radius 3 is 2.35 bits per heavy atom. The molecule has 2 rings (SSSR count). The van der Waals surface area contributed by atoms with Crippen molar-refractivity contribution < 1.29 is 13.2 Å². The zero-order chi connectivity index (χ0) is 11.8. The molecular formula is C10H13ClF3N3. The van der Waals surface area contributed by atoms with E-state index in [9.17, 15) is 13.2 Å². The topological polar surface area (TPSA) is 50.9 Å². The Bertz CT molecular complexity index is 360. The summed E-state index contributed by atoms with van der Waals surface area (Å²) in [5.74, 6) is 0. The molecule has 0 saturated heterocycles. The minimum atomic E-state index is -4.38. The first kappa shape index (κ1) is 14.1. The summed E-state index contributed by atoms with van der Waals surface area (Å²) in [6.07, 6.45) is -1.48. The number of alkyl halides is 3. The Kier molecular flexibility index (Phi) is 4.21. The van der Waals surface area contributed by atoms with E-state index in [1.54, 1.807) is 0 Å². The second-order valence-electron chi connectivity index (χ2n) is 4.00. The van der Waals surface area contributed by atoms with Crippen LogP contribution in [0.2, 0.25) is 0 Å². The van der Waals surface area contributed by atoms with E-state index in [1.165, 1.54) is 12.3 Å². The van der Waals surface area contributed by atoms with Gasteiger partial charge in [-0.25, -0.2) is 4.98 Å². The molecule has 0 unspecified atom stereocenters. The van der Waals surface area contributed by atoms with Crippen molar-refractivity contribution in [3.05, 3.63) is 24.0 Å². The molecule has 0 aromatic carbocycles. The minimum Gasteiger partial charge on any atom is -0.381 e. The van der Waals surface area contributed by atoms with Gasteiger partial charge in [-0.3, -0.25) is 0 Å². The monoisotopic (exact) mass is 267 g/mol. The molecule has 1 fully saturated rings. The lowest BCUT2D eigenvalue weighted by molar-refractivity contribution is -0.141. The number of nitrogens with two attached hydrogens (primary N) is 1. The molecule has 3 N–H and O–H groups in total. The van der Waals surface area contributed by atoms with Crippen molar-refractivity contribution in [2.75, 3.05) is 5.32 Å². The van der Waals surface area contributed by atoms with Crippen LogP contribution in [0.15, 0.2) is 18.3 Å². The van der Waals surface area contributed by atoms with Crippen molar-refractivity contribution in [3.8, 4) is 0 Å². The zero-order valence-corrected chi connectivity index (χ0v) is 9.68. The third-order valence-corrected chi connectivity index (χ3v) is 2.60. The van der Waals surface area contributed by atoms with Crippen LogP contribution in [0.4, 0.5) is 18.9 Å². The summed E-state index contributed by atoms with van der Waals surface area (Å²) in [5.41, 5.74) is 5.33. The fourth-order valence-electron chi connectivity index (χ4n) is 1.66. The molecule has 0 aliphatic heterocycles. The molecule has 0 radical (unpaired) electrons. The molecule has 0 amide bonds. The maximum Gasteiger partial charge on any atom is 0.433 e. The highest BCUT2D eigenvalue weighted by molar-refractivity contribution is 5.85. The van der Waals surface area contributed by atoms with E-state index in [-0.39, 0.29) is 24.5 Å². The fraction of sp³-hybridized carbons (Fsp3) is 0.500. The van der Waals surface area contributed by atoms with E-state index in [0.717, 1.165) is 18.9 Å². The Morgan fingerprint density at radius 1 is 1.29 bits per heavy atom. The first-order chi connectivity index (χ1) is 7.45. The lowest BCUT2D eigenvalue weighted by Crippen LogP contribution is -2.44. The van der Waals surface area contributed by atoms with Crippen LogP contribution in [-0.2, 0) is 6.18 Å². The first-order valence-electron chi connectivity index (χ1n) is 5.00. The number of anilines is 1. The molecular weight excluding hydrogens is 255 g/mol. The molecule has 1 aromatic rings. The Balaban J connectivity index is 0.00000144. The highest BCUT2D eigenvalue weighted by atomic mass is 35.5. The molecule has 3 nitrogen and oxygen atoms in total. The third kappa shape index (κ3) is 3.47. The van der Waals surface area contributed by atoms with Gasteiger partial charge >= 0.3 is 6.18 Å². The van der Waals surface area contributed by atoms with E-state index >= 15 is 0 Å². The minimum absolute atomic E-state index is 0. The van der Waals surface area contributed by atoms with Gasteiger partial charge in [-0.2, -0.15) is 13.2 Å². The lowest BCUT2D eigenvalue weighted by atomic mass is 9.87. The summed E-state index contributed by atoms with van der Waals surface area (Å²) in [6.45, 7) is 0. The Hall–Kier alpha value is -1.01. The second-order valence-corrected chi connectivity index (χ2v) is 4.00. The second kappa shape index (κ2) is 5.10. The van der Waals surface area contributed by atoms with Crippen LogP contribution >= 0.6 is 12.4 Å². The molecule has 0 atom stereocenters. The van der Waals surface area contributed by atoms with Gasteiger partial charge in [-0.05, 0) is 25.0 Å². The van der Waals surface area contributed by atoms with Crippen molar-refractivity contribution >= 4 is 18.1 Å². The van der Waals surface area contributed by atoms with Gasteiger partial charge in [0.05, 0.1) is 11.9 Å². The number of hydrogen-bond donors (Lipinski definition) is 2. The van der Waals surface area contributed by atoms with E-state index in [4.69, 9.17) is 5.73 Å². The summed E-state index contributed by atoms with van der Waals surface area (Å²) < 4.78 is 36.6.